The molecule has 1 aliphatic heterocycles. The molecule has 88 valence electrons. The Kier molecular flexibility index (Phi) is 5.29. The lowest BCUT2D eigenvalue weighted by atomic mass is 10.2. The van der Waals surface area contributed by atoms with Gasteiger partial charge in [0.25, 0.3) is 5.91 Å². The molecule has 0 aromatic heterocycles. The Morgan fingerprint density at radius 1 is 1.12 bits per heavy atom. The highest BCUT2D eigenvalue weighted by atomic mass is 35.5. The van der Waals surface area contributed by atoms with Crippen LogP contribution in [0.1, 0.15) is 16.8 Å². The molecule has 4 heteroatoms. The number of nitrogens with zero attached hydrogens (tertiary/aromatic N) is 1. The fourth-order valence-corrected chi connectivity index (χ4v) is 1.81. The molecule has 16 heavy (non-hydrogen) atoms. The van der Waals surface area contributed by atoms with E-state index in [0.717, 1.165) is 38.2 Å². The molecule has 0 unspecified atom stereocenters. The predicted octanol–water partition coefficient (Wildman–Crippen LogP) is -1.87. The van der Waals surface area contributed by atoms with E-state index in [0.29, 0.717) is 0 Å². The SMILES string of the molecule is O=C(c1ccccc1)N1CCCNCC1.[Cl-]. The van der Waals surface area contributed by atoms with E-state index in [1.54, 1.807) is 0 Å². The molecule has 0 atom stereocenters. The number of nitrogens with one attached hydrogen (secondary N) is 1. The molecule has 1 aromatic carbocycles. The van der Waals surface area contributed by atoms with Crippen LogP contribution >= 0.6 is 0 Å². The monoisotopic (exact) mass is 239 g/mol. The van der Waals surface area contributed by atoms with E-state index in [1.807, 2.05) is 35.2 Å². The summed E-state index contributed by atoms with van der Waals surface area (Å²) in [6.07, 6.45) is 1.04. The summed E-state index contributed by atoms with van der Waals surface area (Å²) in [5, 5.41) is 3.29. The van der Waals surface area contributed by atoms with Gasteiger partial charge in [0.05, 0.1) is 0 Å². The molecular formula is C12H16ClN2O-. The largest absolute Gasteiger partial charge is 1.00 e. The molecule has 1 aliphatic rings. The average molecular weight is 240 g/mol. The second-order valence-corrected chi connectivity index (χ2v) is 3.76. The molecule has 1 heterocycles. The lowest BCUT2D eigenvalue weighted by molar-refractivity contribution is -0.0000128. The first-order chi connectivity index (χ1) is 7.38. The molecule has 1 aromatic rings. The predicted molar refractivity (Wildman–Crippen MR) is 59.8 cm³/mol. The van der Waals surface area contributed by atoms with Crippen LogP contribution in [-0.4, -0.2) is 37.0 Å². The maximum atomic E-state index is 12.1. The third-order valence-electron chi connectivity index (χ3n) is 2.65. The molecule has 1 saturated heterocycles. The second-order valence-electron chi connectivity index (χ2n) is 3.76. The third-order valence-corrected chi connectivity index (χ3v) is 2.65. The number of hydrogen-bond donors (Lipinski definition) is 1. The van der Waals surface area contributed by atoms with Crippen LogP contribution in [0, 0.1) is 0 Å². The Hall–Kier alpha value is -1.06. The Morgan fingerprint density at radius 2 is 1.88 bits per heavy atom. The number of halogens is 1. The maximum absolute atomic E-state index is 12.1. The van der Waals surface area contributed by atoms with Crippen molar-refractivity contribution in [1.82, 2.24) is 10.2 Å². The van der Waals surface area contributed by atoms with Crippen LogP contribution in [-0.2, 0) is 0 Å². The zero-order valence-corrected chi connectivity index (χ0v) is 9.91. The van der Waals surface area contributed by atoms with Crippen LogP contribution in [0.3, 0.4) is 0 Å². The minimum absolute atomic E-state index is 0. The molecule has 0 saturated carbocycles. The van der Waals surface area contributed by atoms with E-state index < -0.39 is 0 Å². The van der Waals surface area contributed by atoms with E-state index in [-0.39, 0.29) is 18.3 Å². The van der Waals surface area contributed by atoms with Crippen molar-refractivity contribution in [2.45, 2.75) is 6.42 Å². The number of hydrogen-bond acceptors (Lipinski definition) is 2. The highest BCUT2D eigenvalue weighted by Crippen LogP contribution is 2.06. The number of benzene rings is 1. The molecule has 0 bridgehead atoms. The third kappa shape index (κ3) is 3.22. The molecule has 0 radical (unpaired) electrons. The maximum Gasteiger partial charge on any atom is 0.253 e. The fourth-order valence-electron chi connectivity index (χ4n) is 1.81. The first-order valence-corrected chi connectivity index (χ1v) is 5.43. The molecule has 1 fully saturated rings. The van der Waals surface area contributed by atoms with Gasteiger partial charge in [0, 0.05) is 25.2 Å². The normalized spacial score (nSPS) is 16.1. The second kappa shape index (κ2) is 6.51. The number of amides is 1. The summed E-state index contributed by atoms with van der Waals surface area (Å²) in [5.74, 6) is 0.152. The summed E-state index contributed by atoms with van der Waals surface area (Å²) < 4.78 is 0. The van der Waals surface area contributed by atoms with Crippen LogP contribution < -0.4 is 17.7 Å². The van der Waals surface area contributed by atoms with E-state index in [1.165, 1.54) is 0 Å². The Labute approximate surface area is 102 Å². The van der Waals surface area contributed by atoms with Gasteiger partial charge in [0.2, 0.25) is 0 Å². The lowest BCUT2D eigenvalue weighted by Gasteiger charge is -2.19. The molecule has 3 nitrogen and oxygen atoms in total. The Morgan fingerprint density at radius 3 is 2.62 bits per heavy atom. The van der Waals surface area contributed by atoms with Crippen molar-refractivity contribution in [1.29, 1.82) is 0 Å². The topological polar surface area (TPSA) is 32.3 Å². The van der Waals surface area contributed by atoms with Gasteiger partial charge >= 0.3 is 0 Å². The highest BCUT2D eigenvalue weighted by Gasteiger charge is 2.16. The summed E-state index contributed by atoms with van der Waals surface area (Å²) in [6, 6.07) is 9.49. The average Bonchev–Trinajstić information content (AvgIpc) is 2.58. The van der Waals surface area contributed by atoms with E-state index in [4.69, 9.17) is 0 Å². The smallest absolute Gasteiger partial charge is 0.253 e. The van der Waals surface area contributed by atoms with Gasteiger partial charge in [0.1, 0.15) is 0 Å². The molecule has 1 N–H and O–H groups in total. The molecule has 0 spiro atoms. The quantitative estimate of drug-likeness (QED) is 0.623. The van der Waals surface area contributed by atoms with Crippen molar-refractivity contribution in [2.75, 3.05) is 26.2 Å². The van der Waals surface area contributed by atoms with Gasteiger partial charge < -0.3 is 22.6 Å². The van der Waals surface area contributed by atoms with Crippen LogP contribution in [0.15, 0.2) is 30.3 Å². The fraction of sp³-hybridized carbons (Fsp3) is 0.417. The van der Waals surface area contributed by atoms with Crippen LogP contribution in [0.5, 0.6) is 0 Å². The van der Waals surface area contributed by atoms with Crippen LogP contribution in [0.2, 0.25) is 0 Å². The molecule has 0 aliphatic carbocycles. The number of carbonyl (C=O) groups excluding carboxylic acids is 1. The number of rotatable bonds is 1. The van der Waals surface area contributed by atoms with E-state index >= 15 is 0 Å². The van der Waals surface area contributed by atoms with Gasteiger partial charge in [-0.15, -0.1) is 0 Å². The van der Waals surface area contributed by atoms with Gasteiger partial charge in [-0.25, -0.2) is 0 Å². The zero-order chi connectivity index (χ0) is 10.5. The zero-order valence-electron chi connectivity index (χ0n) is 9.16. The summed E-state index contributed by atoms with van der Waals surface area (Å²) in [6.45, 7) is 3.59. The molecule has 2 rings (SSSR count). The van der Waals surface area contributed by atoms with Crippen molar-refractivity contribution >= 4 is 5.91 Å². The van der Waals surface area contributed by atoms with Crippen LogP contribution in [0.4, 0.5) is 0 Å². The summed E-state index contributed by atoms with van der Waals surface area (Å²) >= 11 is 0. The van der Waals surface area contributed by atoms with Crippen molar-refractivity contribution in [3.05, 3.63) is 35.9 Å². The Bertz CT molecular complexity index is 321. The van der Waals surface area contributed by atoms with Crippen molar-refractivity contribution in [3.63, 3.8) is 0 Å². The van der Waals surface area contributed by atoms with Gasteiger partial charge in [-0.2, -0.15) is 0 Å². The summed E-state index contributed by atoms with van der Waals surface area (Å²) in [7, 11) is 0. The highest BCUT2D eigenvalue weighted by molar-refractivity contribution is 5.94. The first kappa shape index (κ1) is 13.0. The molecular weight excluding hydrogens is 224 g/mol. The number of carbonyl (C=O) groups is 1. The lowest BCUT2D eigenvalue weighted by Crippen LogP contribution is -3.00. The standard InChI is InChI=1S/C12H16N2O.ClH/c15-12(11-5-2-1-3-6-11)14-9-4-7-13-8-10-14;/h1-3,5-6,13H,4,7-10H2;1H/p-1. The van der Waals surface area contributed by atoms with Gasteiger partial charge in [0.15, 0.2) is 0 Å². The summed E-state index contributed by atoms with van der Waals surface area (Å²) in [5.41, 5.74) is 0.791. The summed E-state index contributed by atoms with van der Waals surface area (Å²) in [4.78, 5) is 14.0. The van der Waals surface area contributed by atoms with E-state index in [2.05, 4.69) is 5.32 Å². The minimum atomic E-state index is 0. The van der Waals surface area contributed by atoms with E-state index in [9.17, 15) is 4.79 Å². The molecule has 1 amide bonds. The van der Waals surface area contributed by atoms with Gasteiger partial charge in [-0.1, -0.05) is 18.2 Å². The van der Waals surface area contributed by atoms with Crippen LogP contribution in [0.25, 0.3) is 0 Å². The van der Waals surface area contributed by atoms with Crippen molar-refractivity contribution in [2.24, 2.45) is 0 Å². The van der Waals surface area contributed by atoms with Gasteiger partial charge in [-0.3, -0.25) is 4.79 Å². The first-order valence-electron chi connectivity index (χ1n) is 5.43. The minimum Gasteiger partial charge on any atom is -1.00 e. The van der Waals surface area contributed by atoms with Crippen molar-refractivity contribution in [3.8, 4) is 0 Å². The van der Waals surface area contributed by atoms with Crippen molar-refractivity contribution < 1.29 is 17.2 Å². The van der Waals surface area contributed by atoms with Gasteiger partial charge in [-0.05, 0) is 25.1 Å². The Balaban J connectivity index is 0.00000128.